The van der Waals surface area contributed by atoms with Crippen LogP contribution in [0.5, 0.6) is 0 Å². The Balaban J connectivity index is 2.04. The van der Waals surface area contributed by atoms with Crippen LogP contribution in [0.25, 0.3) is 10.9 Å². The number of hydrogen-bond acceptors (Lipinski definition) is 2. The van der Waals surface area contributed by atoms with Crippen LogP contribution in [-0.4, -0.2) is 10.8 Å². The number of fused-ring (bicyclic) bond motifs is 1. The molecule has 142 valence electrons. The molecule has 3 rings (SSSR count). The fraction of sp³-hybridized carbons (Fsp3) is 0.211. The Morgan fingerprint density at radius 2 is 1.56 bits per heavy atom. The molecule has 0 bridgehead atoms. The lowest BCUT2D eigenvalue weighted by molar-refractivity contribution is 0.381. The summed E-state index contributed by atoms with van der Waals surface area (Å²) in [6, 6.07) is 5.85. The first kappa shape index (κ1) is 18.9. The van der Waals surface area contributed by atoms with Gasteiger partial charge in [0.05, 0.1) is 6.21 Å². The minimum atomic E-state index is -2.21. The second-order valence-electron chi connectivity index (χ2n) is 6.08. The van der Waals surface area contributed by atoms with Crippen molar-refractivity contribution in [2.45, 2.75) is 27.3 Å². The van der Waals surface area contributed by atoms with E-state index in [0.29, 0.717) is 12.1 Å². The van der Waals surface area contributed by atoms with Gasteiger partial charge in [-0.25, -0.2) is 22.0 Å². The molecule has 3 nitrogen and oxygen atoms in total. The van der Waals surface area contributed by atoms with Crippen molar-refractivity contribution in [2.24, 2.45) is 5.10 Å². The zero-order chi connectivity index (χ0) is 19.9. The van der Waals surface area contributed by atoms with Crippen LogP contribution in [0.2, 0.25) is 0 Å². The monoisotopic (exact) mass is 381 g/mol. The molecule has 1 N–H and O–H groups in total. The van der Waals surface area contributed by atoms with Crippen LogP contribution in [0.4, 0.5) is 27.6 Å². The Morgan fingerprint density at radius 3 is 2.15 bits per heavy atom. The number of hydrogen-bond donors (Lipinski definition) is 1. The highest BCUT2D eigenvalue weighted by molar-refractivity contribution is 6.01. The highest BCUT2D eigenvalue weighted by atomic mass is 19.2. The van der Waals surface area contributed by atoms with Gasteiger partial charge in [-0.05, 0) is 32.9 Å². The third-order valence-electron chi connectivity index (χ3n) is 4.42. The molecule has 0 fully saturated rings. The number of anilines is 1. The standard InChI is InChI=1S/C19H16F5N3/c1-4-27-10(3)12(11-7-9(2)5-6-13(11)27)8-25-26-19-17(23)15(21)14(20)16(22)18(19)24/h5-8,26H,4H2,1-3H3/b25-8+. The molecular formula is C19H16F5N3. The Bertz CT molecular complexity index is 1040. The number of halogens is 5. The largest absolute Gasteiger partial charge is 0.344 e. The van der Waals surface area contributed by atoms with Crippen molar-refractivity contribution in [3.63, 3.8) is 0 Å². The van der Waals surface area contributed by atoms with E-state index in [1.54, 1.807) is 0 Å². The lowest BCUT2D eigenvalue weighted by Gasteiger charge is -2.07. The average molecular weight is 381 g/mol. The molecule has 8 heteroatoms. The SMILES string of the molecule is CCn1c(C)c(/C=N/Nc2c(F)c(F)c(F)c(F)c2F)c2cc(C)ccc21. The highest BCUT2D eigenvalue weighted by Crippen LogP contribution is 2.28. The summed E-state index contributed by atoms with van der Waals surface area (Å²) in [5.41, 5.74) is 4.26. The molecule has 1 heterocycles. The van der Waals surface area contributed by atoms with E-state index in [1.165, 1.54) is 6.21 Å². The van der Waals surface area contributed by atoms with Gasteiger partial charge in [0.2, 0.25) is 5.82 Å². The van der Waals surface area contributed by atoms with Crippen LogP contribution in [0.15, 0.2) is 23.3 Å². The number of rotatable bonds is 4. The Hall–Kier alpha value is -2.90. The van der Waals surface area contributed by atoms with Crippen LogP contribution in [-0.2, 0) is 6.54 Å². The Kier molecular flexibility index (Phi) is 4.91. The van der Waals surface area contributed by atoms with E-state index >= 15 is 0 Å². The van der Waals surface area contributed by atoms with Crippen LogP contribution in [0, 0.1) is 42.9 Å². The molecule has 0 spiro atoms. The molecular weight excluding hydrogens is 365 g/mol. The molecule has 0 saturated heterocycles. The van der Waals surface area contributed by atoms with E-state index in [4.69, 9.17) is 0 Å². The van der Waals surface area contributed by atoms with E-state index in [9.17, 15) is 22.0 Å². The lowest BCUT2D eigenvalue weighted by atomic mass is 10.1. The van der Waals surface area contributed by atoms with Crippen molar-refractivity contribution in [1.82, 2.24) is 4.57 Å². The number of aryl methyl sites for hydroxylation is 2. The van der Waals surface area contributed by atoms with Gasteiger partial charge < -0.3 is 4.57 Å². The summed E-state index contributed by atoms with van der Waals surface area (Å²) < 4.78 is 69.1. The lowest BCUT2D eigenvalue weighted by Crippen LogP contribution is -2.06. The second-order valence-corrected chi connectivity index (χ2v) is 6.08. The topological polar surface area (TPSA) is 29.3 Å². The van der Waals surface area contributed by atoms with Gasteiger partial charge in [0.15, 0.2) is 23.3 Å². The minimum Gasteiger partial charge on any atom is -0.344 e. The summed E-state index contributed by atoms with van der Waals surface area (Å²) in [5.74, 6) is -10.2. The molecule has 0 amide bonds. The summed E-state index contributed by atoms with van der Waals surface area (Å²) in [6.45, 7) is 6.45. The maximum Gasteiger partial charge on any atom is 0.200 e. The van der Waals surface area contributed by atoms with Gasteiger partial charge in [-0.3, -0.25) is 5.43 Å². The fourth-order valence-electron chi connectivity index (χ4n) is 3.06. The van der Waals surface area contributed by atoms with Crippen LogP contribution >= 0.6 is 0 Å². The van der Waals surface area contributed by atoms with Gasteiger partial charge in [-0.15, -0.1) is 0 Å². The number of nitrogens with zero attached hydrogens (tertiary/aromatic N) is 2. The normalized spacial score (nSPS) is 11.7. The summed E-state index contributed by atoms with van der Waals surface area (Å²) >= 11 is 0. The highest BCUT2D eigenvalue weighted by Gasteiger charge is 2.25. The first-order valence-corrected chi connectivity index (χ1v) is 8.17. The molecule has 0 saturated carbocycles. The first-order valence-electron chi connectivity index (χ1n) is 8.17. The quantitative estimate of drug-likeness (QED) is 0.211. The molecule has 0 radical (unpaired) electrons. The molecule has 0 atom stereocenters. The van der Waals surface area contributed by atoms with E-state index in [0.717, 1.165) is 22.2 Å². The minimum absolute atomic E-state index is 0.687. The van der Waals surface area contributed by atoms with E-state index in [-0.39, 0.29) is 0 Å². The maximum absolute atomic E-state index is 13.7. The zero-order valence-electron chi connectivity index (χ0n) is 14.8. The molecule has 0 aliphatic heterocycles. The Morgan fingerprint density at radius 1 is 0.963 bits per heavy atom. The van der Waals surface area contributed by atoms with Gasteiger partial charge >= 0.3 is 0 Å². The summed E-state index contributed by atoms with van der Waals surface area (Å²) in [5, 5.41) is 4.58. The number of benzene rings is 2. The van der Waals surface area contributed by atoms with Gasteiger partial charge in [-0.2, -0.15) is 5.10 Å². The third kappa shape index (κ3) is 3.05. The van der Waals surface area contributed by atoms with E-state index in [2.05, 4.69) is 5.10 Å². The number of nitrogens with one attached hydrogen (secondary N) is 1. The molecule has 2 aromatic carbocycles. The third-order valence-corrected chi connectivity index (χ3v) is 4.42. The summed E-state index contributed by atoms with van der Waals surface area (Å²) in [4.78, 5) is 0. The van der Waals surface area contributed by atoms with Crippen molar-refractivity contribution in [2.75, 3.05) is 5.43 Å². The van der Waals surface area contributed by atoms with Crippen LogP contribution < -0.4 is 5.43 Å². The summed E-state index contributed by atoms with van der Waals surface area (Å²) in [6.07, 6.45) is 1.31. The van der Waals surface area contributed by atoms with Crippen molar-refractivity contribution >= 4 is 22.8 Å². The van der Waals surface area contributed by atoms with Crippen molar-refractivity contribution in [3.8, 4) is 0 Å². The molecule has 1 aromatic heterocycles. The molecule has 0 unspecified atom stereocenters. The fourth-order valence-corrected chi connectivity index (χ4v) is 3.06. The predicted molar refractivity (Wildman–Crippen MR) is 94.5 cm³/mol. The van der Waals surface area contributed by atoms with Gasteiger partial charge in [0.25, 0.3) is 0 Å². The van der Waals surface area contributed by atoms with Gasteiger partial charge in [-0.1, -0.05) is 11.6 Å². The van der Waals surface area contributed by atoms with Crippen molar-refractivity contribution in [1.29, 1.82) is 0 Å². The molecule has 0 aliphatic rings. The molecule has 0 aliphatic carbocycles. The molecule has 3 aromatic rings. The first-order chi connectivity index (χ1) is 12.8. The van der Waals surface area contributed by atoms with E-state index < -0.39 is 34.8 Å². The predicted octanol–water partition coefficient (Wildman–Crippen LogP) is 5.42. The number of hydrazone groups is 1. The van der Waals surface area contributed by atoms with Gasteiger partial charge in [0.1, 0.15) is 5.69 Å². The van der Waals surface area contributed by atoms with Crippen LogP contribution in [0.1, 0.15) is 23.7 Å². The summed E-state index contributed by atoms with van der Waals surface area (Å²) in [7, 11) is 0. The smallest absolute Gasteiger partial charge is 0.200 e. The maximum atomic E-state index is 13.7. The zero-order valence-corrected chi connectivity index (χ0v) is 14.8. The second kappa shape index (κ2) is 7.02. The van der Waals surface area contributed by atoms with Crippen molar-refractivity contribution < 1.29 is 22.0 Å². The molecule has 27 heavy (non-hydrogen) atoms. The van der Waals surface area contributed by atoms with E-state index in [1.807, 2.05) is 49.0 Å². The Labute approximate surface area is 152 Å². The average Bonchev–Trinajstić information content (AvgIpc) is 2.91. The van der Waals surface area contributed by atoms with Gasteiger partial charge in [0, 0.05) is 28.7 Å². The number of aromatic nitrogens is 1. The van der Waals surface area contributed by atoms with Crippen LogP contribution in [0.3, 0.4) is 0 Å². The van der Waals surface area contributed by atoms with Crippen molar-refractivity contribution in [3.05, 3.63) is 64.1 Å².